The van der Waals surface area contributed by atoms with Crippen LogP contribution in [0.1, 0.15) is 12.5 Å². The summed E-state index contributed by atoms with van der Waals surface area (Å²) in [4.78, 5) is 41.5. The minimum absolute atomic E-state index is 0.244. The fourth-order valence-corrected chi connectivity index (χ4v) is 3.45. The fraction of sp³-hybridized carbons (Fsp3) is 0.278. The zero-order chi connectivity index (χ0) is 18.0. The van der Waals surface area contributed by atoms with Crippen molar-refractivity contribution in [3.05, 3.63) is 52.7 Å². The number of imide groups is 1. The summed E-state index contributed by atoms with van der Waals surface area (Å²) < 4.78 is 0. The summed E-state index contributed by atoms with van der Waals surface area (Å²) in [6.45, 7) is 1.88. The standard InChI is InChI=1S/C18H19N3O3S/c1-13-17(23)20(18(24)21(13)15-6-4-3-5-7-15)11-16(22)19(2)10-14-8-9-25-12-14/h3-9,12-13H,10-11H2,1-2H3/t13-/m0/s1. The normalized spacial score (nSPS) is 17.3. The van der Waals surface area contributed by atoms with Gasteiger partial charge >= 0.3 is 6.03 Å². The molecule has 0 radical (unpaired) electrons. The van der Waals surface area contributed by atoms with Gasteiger partial charge in [0.05, 0.1) is 0 Å². The number of para-hydroxylation sites is 1. The van der Waals surface area contributed by atoms with Crippen LogP contribution in [0.25, 0.3) is 0 Å². The molecule has 0 N–H and O–H groups in total. The average Bonchev–Trinajstić information content (AvgIpc) is 3.18. The molecule has 130 valence electrons. The molecule has 7 heteroatoms. The molecule has 0 spiro atoms. The van der Waals surface area contributed by atoms with Gasteiger partial charge in [-0.05, 0) is 41.4 Å². The van der Waals surface area contributed by atoms with Gasteiger partial charge in [0.2, 0.25) is 5.91 Å². The van der Waals surface area contributed by atoms with E-state index in [9.17, 15) is 14.4 Å². The van der Waals surface area contributed by atoms with Crippen molar-refractivity contribution < 1.29 is 14.4 Å². The van der Waals surface area contributed by atoms with E-state index in [1.807, 2.05) is 35.0 Å². The molecule has 1 aromatic carbocycles. The maximum atomic E-state index is 12.7. The molecule has 0 aliphatic carbocycles. The van der Waals surface area contributed by atoms with Crippen LogP contribution in [-0.4, -0.2) is 47.3 Å². The first-order chi connectivity index (χ1) is 12.0. The SMILES string of the molecule is C[C@H]1C(=O)N(CC(=O)N(C)Cc2ccsc2)C(=O)N1c1ccccc1. The van der Waals surface area contributed by atoms with Crippen LogP contribution >= 0.6 is 11.3 Å². The maximum Gasteiger partial charge on any atom is 0.332 e. The Balaban J connectivity index is 1.71. The Kier molecular flexibility index (Phi) is 4.85. The summed E-state index contributed by atoms with van der Waals surface area (Å²) >= 11 is 1.56. The lowest BCUT2D eigenvalue weighted by Crippen LogP contribution is -2.42. The van der Waals surface area contributed by atoms with Crippen molar-refractivity contribution in [1.82, 2.24) is 9.80 Å². The van der Waals surface area contributed by atoms with Crippen LogP contribution in [0.15, 0.2) is 47.2 Å². The van der Waals surface area contributed by atoms with Gasteiger partial charge in [-0.3, -0.25) is 19.4 Å². The lowest BCUT2D eigenvalue weighted by Gasteiger charge is -2.21. The summed E-state index contributed by atoms with van der Waals surface area (Å²) in [6.07, 6.45) is 0. The molecular formula is C18H19N3O3S. The van der Waals surface area contributed by atoms with E-state index in [2.05, 4.69) is 0 Å². The van der Waals surface area contributed by atoms with Crippen LogP contribution < -0.4 is 4.90 Å². The Morgan fingerprint density at radius 3 is 2.56 bits per heavy atom. The summed E-state index contributed by atoms with van der Waals surface area (Å²) in [5.41, 5.74) is 1.68. The molecule has 0 saturated carbocycles. The van der Waals surface area contributed by atoms with E-state index < -0.39 is 12.1 Å². The zero-order valence-corrected chi connectivity index (χ0v) is 14.9. The first-order valence-electron chi connectivity index (χ1n) is 7.93. The predicted molar refractivity (Wildman–Crippen MR) is 96.3 cm³/mol. The lowest BCUT2D eigenvalue weighted by atomic mass is 10.2. The first-order valence-corrected chi connectivity index (χ1v) is 8.88. The number of urea groups is 1. The van der Waals surface area contributed by atoms with Gasteiger partial charge in [0, 0.05) is 19.3 Å². The summed E-state index contributed by atoms with van der Waals surface area (Å²) in [7, 11) is 1.67. The molecular weight excluding hydrogens is 338 g/mol. The van der Waals surface area contributed by atoms with Crippen molar-refractivity contribution in [1.29, 1.82) is 0 Å². The fourth-order valence-electron chi connectivity index (χ4n) is 2.79. The highest BCUT2D eigenvalue weighted by Gasteiger charge is 2.44. The lowest BCUT2D eigenvalue weighted by molar-refractivity contribution is -0.136. The Hall–Kier alpha value is -2.67. The Labute approximate surface area is 150 Å². The van der Waals surface area contributed by atoms with E-state index >= 15 is 0 Å². The van der Waals surface area contributed by atoms with Crippen molar-refractivity contribution in [3.63, 3.8) is 0 Å². The van der Waals surface area contributed by atoms with Crippen LogP contribution in [0.5, 0.6) is 0 Å². The van der Waals surface area contributed by atoms with E-state index in [4.69, 9.17) is 0 Å². The molecule has 3 rings (SSSR count). The minimum Gasteiger partial charge on any atom is -0.340 e. The van der Waals surface area contributed by atoms with Crippen LogP contribution in [0.2, 0.25) is 0 Å². The number of rotatable bonds is 5. The highest BCUT2D eigenvalue weighted by molar-refractivity contribution is 7.07. The number of carbonyl (C=O) groups is 3. The second kappa shape index (κ2) is 7.06. The van der Waals surface area contributed by atoms with Crippen molar-refractivity contribution in [2.75, 3.05) is 18.5 Å². The number of carbonyl (C=O) groups excluding carboxylic acids is 3. The van der Waals surface area contributed by atoms with Gasteiger partial charge in [0.15, 0.2) is 0 Å². The van der Waals surface area contributed by atoms with Gasteiger partial charge in [-0.1, -0.05) is 18.2 Å². The summed E-state index contributed by atoms with van der Waals surface area (Å²) in [6, 6.07) is 9.87. The molecule has 2 aromatic rings. The average molecular weight is 357 g/mol. The second-order valence-corrected chi connectivity index (χ2v) is 6.75. The first kappa shape index (κ1) is 17.2. The van der Waals surface area contributed by atoms with E-state index in [-0.39, 0.29) is 18.4 Å². The van der Waals surface area contributed by atoms with Gasteiger partial charge in [-0.2, -0.15) is 11.3 Å². The molecule has 1 aromatic heterocycles. The molecule has 2 heterocycles. The number of amides is 4. The number of hydrogen-bond acceptors (Lipinski definition) is 4. The quantitative estimate of drug-likeness (QED) is 0.773. The third-order valence-electron chi connectivity index (χ3n) is 4.20. The van der Waals surface area contributed by atoms with Crippen LogP contribution in [0.3, 0.4) is 0 Å². The van der Waals surface area contributed by atoms with Crippen molar-refractivity contribution >= 4 is 34.9 Å². The molecule has 1 fully saturated rings. The minimum atomic E-state index is -0.620. The molecule has 1 saturated heterocycles. The third-order valence-corrected chi connectivity index (χ3v) is 4.93. The van der Waals surface area contributed by atoms with Gasteiger partial charge < -0.3 is 4.90 Å². The topological polar surface area (TPSA) is 60.9 Å². The number of benzene rings is 1. The van der Waals surface area contributed by atoms with Gasteiger partial charge in [-0.15, -0.1) is 0 Å². The van der Waals surface area contributed by atoms with Crippen molar-refractivity contribution in [2.45, 2.75) is 19.5 Å². The molecule has 1 aliphatic heterocycles. The smallest absolute Gasteiger partial charge is 0.332 e. The summed E-state index contributed by atoms with van der Waals surface area (Å²) in [5.74, 6) is -0.624. The number of likely N-dealkylation sites (N-methyl/N-ethyl adjacent to an activating group) is 1. The second-order valence-electron chi connectivity index (χ2n) is 5.97. The number of thiophene rings is 1. The monoisotopic (exact) mass is 357 g/mol. The van der Waals surface area contributed by atoms with Crippen LogP contribution in [0.4, 0.5) is 10.5 Å². The van der Waals surface area contributed by atoms with E-state index in [1.54, 1.807) is 37.4 Å². The molecule has 1 aliphatic rings. The number of anilines is 1. The van der Waals surface area contributed by atoms with Gasteiger partial charge in [0.1, 0.15) is 12.6 Å². The summed E-state index contributed by atoms with van der Waals surface area (Å²) in [5, 5.41) is 3.91. The molecule has 0 bridgehead atoms. The Morgan fingerprint density at radius 1 is 1.20 bits per heavy atom. The highest BCUT2D eigenvalue weighted by atomic mass is 32.1. The van der Waals surface area contributed by atoms with Crippen molar-refractivity contribution in [3.8, 4) is 0 Å². The molecule has 6 nitrogen and oxygen atoms in total. The Bertz CT molecular complexity index is 776. The highest BCUT2D eigenvalue weighted by Crippen LogP contribution is 2.25. The van der Waals surface area contributed by atoms with E-state index in [1.165, 1.54) is 9.80 Å². The molecule has 1 atom stereocenters. The van der Waals surface area contributed by atoms with E-state index in [0.717, 1.165) is 10.5 Å². The largest absolute Gasteiger partial charge is 0.340 e. The third kappa shape index (κ3) is 3.41. The zero-order valence-electron chi connectivity index (χ0n) is 14.1. The van der Waals surface area contributed by atoms with Gasteiger partial charge in [0.25, 0.3) is 5.91 Å². The van der Waals surface area contributed by atoms with Crippen LogP contribution in [-0.2, 0) is 16.1 Å². The van der Waals surface area contributed by atoms with Crippen LogP contribution in [0, 0.1) is 0 Å². The van der Waals surface area contributed by atoms with Gasteiger partial charge in [-0.25, -0.2) is 4.79 Å². The Morgan fingerprint density at radius 2 is 1.92 bits per heavy atom. The number of nitrogens with zero attached hydrogens (tertiary/aromatic N) is 3. The predicted octanol–water partition coefficient (Wildman–Crippen LogP) is 2.56. The van der Waals surface area contributed by atoms with Crippen molar-refractivity contribution in [2.24, 2.45) is 0 Å². The number of hydrogen-bond donors (Lipinski definition) is 0. The molecule has 25 heavy (non-hydrogen) atoms. The maximum absolute atomic E-state index is 12.7. The van der Waals surface area contributed by atoms with E-state index in [0.29, 0.717) is 12.2 Å². The molecule has 4 amide bonds. The molecule has 0 unspecified atom stereocenters.